The summed E-state index contributed by atoms with van der Waals surface area (Å²) in [5.74, 6) is 2.81. The second kappa shape index (κ2) is 7.07. The summed E-state index contributed by atoms with van der Waals surface area (Å²) in [4.78, 5) is 0. The van der Waals surface area contributed by atoms with Crippen LogP contribution in [0.2, 0.25) is 0 Å². The molecule has 3 saturated carbocycles. The Bertz CT molecular complexity index is 235. The minimum atomic E-state index is 0.404. The topological polar surface area (TPSA) is 0 Å². The smallest absolute Gasteiger partial charge is 0.0214 e. The van der Waals surface area contributed by atoms with Gasteiger partial charge in [-0.1, -0.05) is 57.8 Å². The van der Waals surface area contributed by atoms with Crippen LogP contribution in [0.3, 0.4) is 0 Å². The van der Waals surface area contributed by atoms with Crippen molar-refractivity contribution in [2.45, 2.75) is 101 Å². The zero-order valence-electron chi connectivity index (χ0n) is 13.3. The van der Waals surface area contributed by atoms with Crippen LogP contribution in [-0.2, 0) is 0 Å². The van der Waals surface area contributed by atoms with Gasteiger partial charge >= 0.3 is 0 Å². The van der Waals surface area contributed by atoms with Crippen LogP contribution in [-0.4, -0.2) is 4.75 Å². The summed E-state index contributed by atoms with van der Waals surface area (Å²) in [7, 11) is 0. The fourth-order valence-electron chi connectivity index (χ4n) is 5.70. The second-order valence-electron chi connectivity index (χ2n) is 7.89. The Labute approximate surface area is 131 Å². The maximum absolute atomic E-state index is 5.55. The monoisotopic (exact) mass is 294 g/mol. The van der Waals surface area contributed by atoms with E-state index in [4.69, 9.17) is 12.6 Å². The molecule has 0 saturated heterocycles. The Hall–Kier alpha value is 0.350. The van der Waals surface area contributed by atoms with E-state index in [0.29, 0.717) is 4.75 Å². The van der Waals surface area contributed by atoms with E-state index in [0.717, 1.165) is 17.8 Å². The molecule has 0 heterocycles. The van der Waals surface area contributed by atoms with Crippen molar-refractivity contribution in [3.63, 3.8) is 0 Å². The van der Waals surface area contributed by atoms with Crippen LogP contribution in [0.1, 0.15) is 96.3 Å². The molecule has 0 N–H and O–H groups in total. The maximum Gasteiger partial charge on any atom is 0.0214 e. The predicted molar refractivity (Wildman–Crippen MR) is 91.4 cm³/mol. The van der Waals surface area contributed by atoms with Crippen LogP contribution in [0, 0.1) is 17.8 Å². The lowest BCUT2D eigenvalue weighted by atomic mass is 9.61. The van der Waals surface area contributed by atoms with Gasteiger partial charge in [-0.2, -0.15) is 12.6 Å². The molecule has 0 aliphatic heterocycles. The van der Waals surface area contributed by atoms with Gasteiger partial charge in [-0.05, 0) is 56.3 Å². The zero-order chi connectivity index (χ0) is 13.8. The summed E-state index contributed by atoms with van der Waals surface area (Å²) in [6.45, 7) is 0. The molecule has 0 spiro atoms. The van der Waals surface area contributed by atoms with Gasteiger partial charge in [0.2, 0.25) is 0 Å². The molecule has 20 heavy (non-hydrogen) atoms. The second-order valence-corrected chi connectivity index (χ2v) is 8.67. The Morgan fingerprint density at radius 3 is 0.950 bits per heavy atom. The lowest BCUT2D eigenvalue weighted by Gasteiger charge is -2.52. The normalized spacial score (nSPS) is 28.6. The molecule has 0 atom stereocenters. The molecule has 0 nitrogen and oxygen atoms in total. The SMILES string of the molecule is SC(C1CCCCC1)(C1CCCCC1)C1CCCCC1. The van der Waals surface area contributed by atoms with E-state index in [9.17, 15) is 0 Å². The summed E-state index contributed by atoms with van der Waals surface area (Å²) in [5, 5.41) is 0. The van der Waals surface area contributed by atoms with Gasteiger partial charge < -0.3 is 0 Å². The van der Waals surface area contributed by atoms with Crippen LogP contribution >= 0.6 is 12.6 Å². The molecule has 0 aromatic carbocycles. The van der Waals surface area contributed by atoms with Crippen molar-refractivity contribution in [3.05, 3.63) is 0 Å². The van der Waals surface area contributed by atoms with Gasteiger partial charge in [0.25, 0.3) is 0 Å². The summed E-state index contributed by atoms with van der Waals surface area (Å²) in [5.41, 5.74) is 0. The highest BCUT2D eigenvalue weighted by Crippen LogP contribution is 2.54. The van der Waals surface area contributed by atoms with Crippen LogP contribution in [0.5, 0.6) is 0 Å². The Balaban J connectivity index is 1.79. The first-order valence-electron chi connectivity index (χ1n) is 9.54. The van der Waals surface area contributed by atoms with E-state index >= 15 is 0 Å². The van der Waals surface area contributed by atoms with Crippen LogP contribution in [0.4, 0.5) is 0 Å². The minimum Gasteiger partial charge on any atom is -0.172 e. The van der Waals surface area contributed by atoms with E-state index < -0.39 is 0 Å². The lowest BCUT2D eigenvalue weighted by Crippen LogP contribution is -2.48. The Kier molecular flexibility index (Phi) is 5.39. The average Bonchev–Trinajstić information content (AvgIpc) is 2.56. The first kappa shape index (κ1) is 15.3. The minimum absolute atomic E-state index is 0.404. The number of rotatable bonds is 3. The highest BCUT2D eigenvalue weighted by atomic mass is 32.1. The standard InChI is InChI=1S/C19H34S/c20-19(16-10-4-1-5-11-16,17-12-6-2-7-13-17)18-14-8-3-9-15-18/h16-18,20H,1-15H2. The summed E-state index contributed by atoms with van der Waals surface area (Å²) < 4.78 is 0.404. The molecule has 0 aromatic heterocycles. The lowest BCUT2D eigenvalue weighted by molar-refractivity contribution is 0.101. The first-order chi connectivity index (χ1) is 9.82. The molecule has 1 heteroatoms. The van der Waals surface area contributed by atoms with Crippen molar-refractivity contribution in [1.29, 1.82) is 0 Å². The number of hydrogen-bond donors (Lipinski definition) is 1. The molecule has 0 amide bonds. The zero-order valence-corrected chi connectivity index (χ0v) is 14.2. The quantitative estimate of drug-likeness (QED) is 0.572. The Morgan fingerprint density at radius 2 is 0.700 bits per heavy atom. The van der Waals surface area contributed by atoms with Crippen molar-refractivity contribution in [2.75, 3.05) is 0 Å². The molecule has 116 valence electrons. The molecule has 3 aliphatic rings. The molecule has 3 rings (SSSR count). The third kappa shape index (κ3) is 3.08. The maximum atomic E-state index is 5.55. The van der Waals surface area contributed by atoms with Gasteiger partial charge in [0, 0.05) is 4.75 Å². The fraction of sp³-hybridized carbons (Fsp3) is 1.00. The van der Waals surface area contributed by atoms with Crippen LogP contribution < -0.4 is 0 Å². The third-order valence-corrected chi connectivity index (χ3v) is 7.87. The van der Waals surface area contributed by atoms with E-state index in [1.54, 1.807) is 0 Å². The van der Waals surface area contributed by atoms with Crippen LogP contribution in [0.25, 0.3) is 0 Å². The van der Waals surface area contributed by atoms with E-state index in [2.05, 4.69) is 0 Å². The largest absolute Gasteiger partial charge is 0.172 e. The number of thiol groups is 1. The van der Waals surface area contributed by atoms with Crippen molar-refractivity contribution in [1.82, 2.24) is 0 Å². The van der Waals surface area contributed by atoms with Gasteiger partial charge in [0.15, 0.2) is 0 Å². The van der Waals surface area contributed by atoms with E-state index in [1.807, 2.05) is 0 Å². The number of hydrogen-bond acceptors (Lipinski definition) is 1. The van der Waals surface area contributed by atoms with E-state index in [1.165, 1.54) is 96.3 Å². The molecule has 0 unspecified atom stereocenters. The first-order valence-corrected chi connectivity index (χ1v) is 9.99. The molecule has 3 fully saturated rings. The van der Waals surface area contributed by atoms with Gasteiger partial charge in [-0.3, -0.25) is 0 Å². The Morgan fingerprint density at radius 1 is 0.450 bits per heavy atom. The highest BCUT2D eigenvalue weighted by molar-refractivity contribution is 7.81. The highest BCUT2D eigenvalue weighted by Gasteiger charge is 2.47. The van der Waals surface area contributed by atoms with E-state index in [-0.39, 0.29) is 0 Å². The van der Waals surface area contributed by atoms with Gasteiger partial charge in [-0.25, -0.2) is 0 Å². The van der Waals surface area contributed by atoms with Crippen molar-refractivity contribution in [2.24, 2.45) is 17.8 Å². The molecule has 3 aliphatic carbocycles. The van der Waals surface area contributed by atoms with Gasteiger partial charge in [-0.15, -0.1) is 0 Å². The molecule has 0 bridgehead atoms. The average molecular weight is 295 g/mol. The molecular formula is C19H34S. The molecule has 0 aromatic rings. The third-order valence-electron chi connectivity index (χ3n) is 6.78. The van der Waals surface area contributed by atoms with Crippen molar-refractivity contribution in [3.8, 4) is 0 Å². The van der Waals surface area contributed by atoms with Crippen molar-refractivity contribution >= 4 is 12.6 Å². The van der Waals surface area contributed by atoms with Gasteiger partial charge in [0.05, 0.1) is 0 Å². The fourth-order valence-corrected chi connectivity index (χ4v) is 6.47. The summed E-state index contributed by atoms with van der Waals surface area (Å²) >= 11 is 5.55. The van der Waals surface area contributed by atoms with Gasteiger partial charge in [0.1, 0.15) is 0 Å². The summed E-state index contributed by atoms with van der Waals surface area (Å²) in [6, 6.07) is 0. The predicted octanol–water partition coefficient (Wildman–Crippen LogP) is 6.40. The molecule has 0 radical (unpaired) electrons. The molecular weight excluding hydrogens is 260 g/mol. The summed E-state index contributed by atoms with van der Waals surface area (Å²) in [6.07, 6.45) is 22.2. The van der Waals surface area contributed by atoms with Crippen molar-refractivity contribution < 1.29 is 0 Å². The van der Waals surface area contributed by atoms with Crippen LogP contribution in [0.15, 0.2) is 0 Å².